The van der Waals surface area contributed by atoms with E-state index in [1.165, 1.54) is 10.8 Å². The van der Waals surface area contributed by atoms with Crippen molar-refractivity contribution in [3.63, 3.8) is 0 Å². The zero-order chi connectivity index (χ0) is 11.6. The molecule has 1 rings (SSSR count). The van der Waals surface area contributed by atoms with E-state index in [9.17, 15) is 18.0 Å². The Morgan fingerprint density at radius 2 is 2.07 bits per heavy atom. The first-order valence-electron chi connectivity index (χ1n) is 3.96. The lowest BCUT2D eigenvalue weighted by atomic mass is 10.6. The van der Waals surface area contributed by atoms with Gasteiger partial charge in [-0.3, -0.25) is 14.3 Å². The molecule has 1 heterocycles. The van der Waals surface area contributed by atoms with E-state index in [1.807, 2.05) is 0 Å². The lowest BCUT2D eigenvalue weighted by Crippen LogP contribution is -2.32. The summed E-state index contributed by atoms with van der Waals surface area (Å²) in [5.41, 5.74) is -1.06. The molecule has 1 aromatic rings. The van der Waals surface area contributed by atoms with Crippen LogP contribution in [0.2, 0.25) is 0 Å². The molecular formula is C7H9IN2O4S. The summed E-state index contributed by atoms with van der Waals surface area (Å²) in [6.07, 6.45) is 2.43. The van der Waals surface area contributed by atoms with Crippen LogP contribution in [0.15, 0.2) is 15.8 Å². The van der Waals surface area contributed by atoms with Gasteiger partial charge in [-0.15, -0.1) is 0 Å². The van der Waals surface area contributed by atoms with Gasteiger partial charge in [-0.25, -0.2) is 13.2 Å². The molecule has 0 amide bonds. The maximum Gasteiger partial charge on any atom is 0.328 e. The third-order valence-electron chi connectivity index (χ3n) is 1.67. The molecule has 6 nitrogen and oxygen atoms in total. The number of aromatic amines is 1. The van der Waals surface area contributed by atoms with Crippen LogP contribution in [0, 0.1) is 3.57 Å². The fourth-order valence-electron chi connectivity index (χ4n) is 0.913. The Labute approximate surface area is 99.4 Å². The van der Waals surface area contributed by atoms with Crippen LogP contribution in [0.25, 0.3) is 0 Å². The van der Waals surface area contributed by atoms with E-state index in [2.05, 4.69) is 4.98 Å². The molecule has 0 spiro atoms. The lowest BCUT2D eigenvalue weighted by Gasteiger charge is -2.03. The quantitative estimate of drug-likeness (QED) is 0.726. The molecule has 0 atom stereocenters. The Morgan fingerprint density at radius 1 is 1.47 bits per heavy atom. The molecule has 1 aromatic heterocycles. The van der Waals surface area contributed by atoms with Crippen LogP contribution in [0.5, 0.6) is 0 Å². The maximum absolute atomic E-state index is 11.2. The highest BCUT2D eigenvalue weighted by Crippen LogP contribution is 1.93. The van der Waals surface area contributed by atoms with Crippen molar-refractivity contribution < 1.29 is 8.42 Å². The summed E-state index contributed by atoms with van der Waals surface area (Å²) in [6.45, 7) is 0.0461. The molecule has 0 aliphatic carbocycles. The average Bonchev–Trinajstić information content (AvgIpc) is 2.07. The van der Waals surface area contributed by atoms with Crippen LogP contribution in [-0.4, -0.2) is 30.0 Å². The predicted molar refractivity (Wildman–Crippen MR) is 63.8 cm³/mol. The highest BCUT2D eigenvalue weighted by molar-refractivity contribution is 14.1. The molecule has 0 fully saturated rings. The van der Waals surface area contributed by atoms with Crippen molar-refractivity contribution >= 4 is 32.4 Å². The van der Waals surface area contributed by atoms with Crippen molar-refractivity contribution in [2.45, 2.75) is 6.54 Å². The number of aromatic nitrogens is 2. The van der Waals surface area contributed by atoms with Crippen molar-refractivity contribution in [3.8, 4) is 0 Å². The van der Waals surface area contributed by atoms with Gasteiger partial charge >= 0.3 is 5.69 Å². The lowest BCUT2D eigenvalue weighted by molar-refractivity contribution is 0.590. The van der Waals surface area contributed by atoms with Crippen LogP contribution >= 0.6 is 22.6 Å². The molecule has 0 aliphatic heterocycles. The van der Waals surface area contributed by atoms with Gasteiger partial charge in [0.15, 0.2) is 0 Å². The van der Waals surface area contributed by atoms with Gasteiger partial charge in [-0.1, -0.05) is 0 Å². The Kier molecular flexibility index (Phi) is 3.71. The van der Waals surface area contributed by atoms with E-state index in [0.717, 1.165) is 6.26 Å². The fraction of sp³-hybridized carbons (Fsp3) is 0.429. The maximum atomic E-state index is 11.2. The average molecular weight is 344 g/mol. The van der Waals surface area contributed by atoms with E-state index >= 15 is 0 Å². The van der Waals surface area contributed by atoms with Gasteiger partial charge in [0, 0.05) is 19.0 Å². The largest absolute Gasteiger partial charge is 0.328 e. The molecule has 15 heavy (non-hydrogen) atoms. The summed E-state index contributed by atoms with van der Waals surface area (Å²) >= 11 is 1.77. The summed E-state index contributed by atoms with van der Waals surface area (Å²) in [5, 5.41) is 0. The molecule has 0 unspecified atom stereocenters. The van der Waals surface area contributed by atoms with Crippen LogP contribution in [0.1, 0.15) is 0 Å². The van der Waals surface area contributed by atoms with Gasteiger partial charge in [0.25, 0.3) is 5.56 Å². The Bertz CT molecular complexity index is 571. The summed E-state index contributed by atoms with van der Waals surface area (Å²) in [5.74, 6) is -0.130. The first-order chi connectivity index (χ1) is 6.79. The minimum atomic E-state index is -3.12. The summed E-state index contributed by atoms with van der Waals surface area (Å²) in [6, 6.07) is 0. The predicted octanol–water partition coefficient (Wildman–Crippen LogP) is -0.814. The first kappa shape index (κ1) is 12.4. The van der Waals surface area contributed by atoms with E-state index in [4.69, 9.17) is 0 Å². The molecule has 0 aromatic carbocycles. The van der Waals surface area contributed by atoms with E-state index < -0.39 is 21.1 Å². The van der Waals surface area contributed by atoms with Gasteiger partial charge in [-0.05, 0) is 22.6 Å². The van der Waals surface area contributed by atoms with Crippen molar-refractivity contribution in [3.05, 3.63) is 30.6 Å². The molecule has 8 heteroatoms. The number of halogens is 1. The Hall–Kier alpha value is -0.640. The molecule has 0 radical (unpaired) electrons. The molecule has 0 bridgehead atoms. The number of nitrogens with zero attached hydrogens (tertiary/aromatic N) is 1. The number of hydrogen-bond donors (Lipinski definition) is 1. The minimum Gasteiger partial charge on any atom is -0.299 e. The summed E-state index contributed by atoms with van der Waals surface area (Å²) in [7, 11) is -3.12. The van der Waals surface area contributed by atoms with Crippen molar-refractivity contribution in [1.82, 2.24) is 9.55 Å². The van der Waals surface area contributed by atoms with Crippen LogP contribution in [-0.2, 0) is 16.4 Å². The second kappa shape index (κ2) is 4.47. The first-order valence-corrected chi connectivity index (χ1v) is 7.10. The zero-order valence-corrected chi connectivity index (χ0v) is 10.8. The molecule has 84 valence electrons. The minimum absolute atomic E-state index is 0.0461. The molecular weight excluding hydrogens is 335 g/mol. The van der Waals surface area contributed by atoms with Crippen molar-refractivity contribution in [2.24, 2.45) is 0 Å². The second-order valence-electron chi connectivity index (χ2n) is 3.06. The highest BCUT2D eigenvalue weighted by atomic mass is 127. The standard InChI is InChI=1S/C7H9IN2O4S/c1-15(13,14)3-2-10-4-5(8)6(11)9-7(10)12/h4H,2-3H2,1H3,(H,9,11,12). The summed E-state index contributed by atoms with van der Waals surface area (Å²) in [4.78, 5) is 24.3. The summed E-state index contributed by atoms with van der Waals surface area (Å²) < 4.78 is 23.3. The van der Waals surface area contributed by atoms with Crippen LogP contribution in [0.3, 0.4) is 0 Å². The molecule has 0 saturated carbocycles. The van der Waals surface area contributed by atoms with Crippen LogP contribution < -0.4 is 11.2 Å². The topological polar surface area (TPSA) is 89.0 Å². The number of nitrogens with one attached hydrogen (secondary N) is 1. The van der Waals surface area contributed by atoms with E-state index in [1.54, 1.807) is 22.6 Å². The van der Waals surface area contributed by atoms with Gasteiger partial charge in [0.05, 0.1) is 9.32 Å². The SMILES string of the molecule is CS(=O)(=O)CCn1cc(I)c(=O)[nH]c1=O. The highest BCUT2D eigenvalue weighted by Gasteiger charge is 2.05. The Balaban J connectivity index is 3.02. The third-order valence-corrected chi connectivity index (χ3v) is 3.36. The molecule has 0 saturated heterocycles. The number of H-pyrrole nitrogens is 1. The number of rotatable bonds is 3. The molecule has 1 N–H and O–H groups in total. The monoisotopic (exact) mass is 344 g/mol. The van der Waals surface area contributed by atoms with Gasteiger partial charge in [0.2, 0.25) is 0 Å². The van der Waals surface area contributed by atoms with Gasteiger partial charge < -0.3 is 0 Å². The van der Waals surface area contributed by atoms with E-state index in [0.29, 0.717) is 3.57 Å². The molecule has 0 aliphatic rings. The zero-order valence-electron chi connectivity index (χ0n) is 7.86. The number of aryl methyl sites for hydroxylation is 1. The van der Waals surface area contributed by atoms with Crippen molar-refractivity contribution in [1.29, 1.82) is 0 Å². The number of sulfone groups is 1. The van der Waals surface area contributed by atoms with Crippen LogP contribution in [0.4, 0.5) is 0 Å². The normalized spacial score (nSPS) is 11.6. The number of hydrogen-bond acceptors (Lipinski definition) is 4. The van der Waals surface area contributed by atoms with Gasteiger partial charge in [-0.2, -0.15) is 0 Å². The Morgan fingerprint density at radius 3 is 2.60 bits per heavy atom. The van der Waals surface area contributed by atoms with Crippen molar-refractivity contribution in [2.75, 3.05) is 12.0 Å². The smallest absolute Gasteiger partial charge is 0.299 e. The van der Waals surface area contributed by atoms with E-state index in [-0.39, 0.29) is 12.3 Å². The second-order valence-corrected chi connectivity index (χ2v) is 6.48. The fourth-order valence-corrected chi connectivity index (χ4v) is 1.91. The van der Waals surface area contributed by atoms with Gasteiger partial charge in [0.1, 0.15) is 9.84 Å². The third kappa shape index (κ3) is 3.78.